The highest BCUT2D eigenvalue weighted by molar-refractivity contribution is 5.93. The average Bonchev–Trinajstić information content (AvgIpc) is 2.43. The van der Waals surface area contributed by atoms with Crippen LogP contribution in [0.4, 0.5) is 11.4 Å². The number of rotatable bonds is 4. The highest BCUT2D eigenvalue weighted by atomic mass is 16.5. The lowest BCUT2D eigenvalue weighted by molar-refractivity contribution is -0.124. The molecule has 0 aliphatic carbocycles. The fourth-order valence-electron chi connectivity index (χ4n) is 2.01. The summed E-state index contributed by atoms with van der Waals surface area (Å²) in [5.41, 5.74) is 8.07. The Balaban J connectivity index is 1.82. The van der Waals surface area contributed by atoms with E-state index in [-0.39, 0.29) is 18.6 Å². The van der Waals surface area contributed by atoms with Crippen LogP contribution in [-0.4, -0.2) is 31.8 Å². The molecule has 2 rings (SSSR count). The molecular formula is C14H20N2O3. The minimum atomic E-state index is -0.153. The lowest BCUT2D eigenvalue weighted by Crippen LogP contribution is -2.28. The maximum atomic E-state index is 11.8. The minimum Gasteiger partial charge on any atom is -0.398 e. The predicted octanol–water partition coefficient (Wildman–Crippen LogP) is 1.71. The van der Waals surface area contributed by atoms with Crippen molar-refractivity contribution in [1.29, 1.82) is 0 Å². The van der Waals surface area contributed by atoms with Gasteiger partial charge in [-0.15, -0.1) is 0 Å². The van der Waals surface area contributed by atoms with E-state index < -0.39 is 0 Å². The van der Waals surface area contributed by atoms with Crippen LogP contribution in [0.5, 0.6) is 0 Å². The summed E-state index contributed by atoms with van der Waals surface area (Å²) in [5.74, 6) is -0.153. The molecule has 19 heavy (non-hydrogen) atoms. The smallest absolute Gasteiger partial charge is 0.250 e. The quantitative estimate of drug-likeness (QED) is 0.812. The van der Waals surface area contributed by atoms with Gasteiger partial charge in [0.15, 0.2) is 0 Å². The zero-order valence-corrected chi connectivity index (χ0v) is 11.1. The number of anilines is 2. The Labute approximate surface area is 113 Å². The van der Waals surface area contributed by atoms with Crippen LogP contribution in [0, 0.1) is 6.92 Å². The monoisotopic (exact) mass is 264 g/mol. The Hall–Kier alpha value is -1.59. The molecule has 1 fully saturated rings. The van der Waals surface area contributed by atoms with Crippen LogP contribution in [0.1, 0.15) is 18.4 Å². The van der Waals surface area contributed by atoms with E-state index in [4.69, 9.17) is 15.2 Å². The van der Waals surface area contributed by atoms with Gasteiger partial charge in [-0.3, -0.25) is 4.79 Å². The summed E-state index contributed by atoms with van der Waals surface area (Å²) in [6, 6.07) is 5.46. The molecule has 0 aromatic heterocycles. The van der Waals surface area contributed by atoms with Crippen molar-refractivity contribution in [1.82, 2.24) is 0 Å². The van der Waals surface area contributed by atoms with Gasteiger partial charge in [-0.2, -0.15) is 0 Å². The lowest BCUT2D eigenvalue weighted by Gasteiger charge is -2.22. The Kier molecular flexibility index (Phi) is 4.76. The summed E-state index contributed by atoms with van der Waals surface area (Å²) in [6.45, 7) is 3.37. The number of nitrogens with two attached hydrogens (primary N) is 1. The van der Waals surface area contributed by atoms with E-state index in [1.165, 1.54) is 0 Å². The summed E-state index contributed by atoms with van der Waals surface area (Å²) in [5, 5.41) is 2.82. The van der Waals surface area contributed by atoms with Gasteiger partial charge in [-0.05, 0) is 37.5 Å². The molecule has 5 heteroatoms. The molecule has 1 aromatic carbocycles. The molecule has 1 amide bonds. The topological polar surface area (TPSA) is 73.6 Å². The first-order valence-corrected chi connectivity index (χ1v) is 6.51. The molecule has 104 valence electrons. The zero-order chi connectivity index (χ0) is 13.7. The second-order valence-electron chi connectivity index (χ2n) is 4.69. The zero-order valence-electron chi connectivity index (χ0n) is 11.1. The largest absolute Gasteiger partial charge is 0.398 e. The Bertz CT molecular complexity index is 442. The number of nitrogen functional groups attached to an aromatic ring is 1. The highest BCUT2D eigenvalue weighted by Crippen LogP contribution is 2.20. The van der Waals surface area contributed by atoms with Gasteiger partial charge in [0.2, 0.25) is 5.91 Å². The van der Waals surface area contributed by atoms with E-state index in [1.807, 2.05) is 25.1 Å². The van der Waals surface area contributed by atoms with E-state index in [0.29, 0.717) is 18.9 Å². The number of ether oxygens (including phenoxy) is 2. The summed E-state index contributed by atoms with van der Waals surface area (Å²) < 4.78 is 10.8. The van der Waals surface area contributed by atoms with Gasteiger partial charge in [-0.25, -0.2) is 0 Å². The molecule has 1 aromatic rings. The van der Waals surface area contributed by atoms with E-state index in [9.17, 15) is 4.79 Å². The van der Waals surface area contributed by atoms with Crippen molar-refractivity contribution in [2.75, 3.05) is 30.9 Å². The fourth-order valence-corrected chi connectivity index (χ4v) is 2.01. The summed E-state index contributed by atoms with van der Waals surface area (Å²) in [4.78, 5) is 11.8. The van der Waals surface area contributed by atoms with Crippen molar-refractivity contribution in [3.8, 4) is 0 Å². The molecule has 1 aliphatic heterocycles. The third kappa shape index (κ3) is 3.94. The average molecular weight is 264 g/mol. The number of hydrogen-bond acceptors (Lipinski definition) is 4. The lowest BCUT2D eigenvalue weighted by atomic mass is 10.1. The molecule has 0 bridgehead atoms. The van der Waals surface area contributed by atoms with Crippen LogP contribution in [0.25, 0.3) is 0 Å². The van der Waals surface area contributed by atoms with Crippen LogP contribution in [0.3, 0.4) is 0 Å². The SMILES string of the molecule is Cc1c(N)cccc1NC(=O)COC1CCOCC1. The Morgan fingerprint density at radius 3 is 2.95 bits per heavy atom. The molecule has 1 aliphatic rings. The van der Waals surface area contributed by atoms with E-state index >= 15 is 0 Å². The molecule has 1 saturated heterocycles. The van der Waals surface area contributed by atoms with Crippen molar-refractivity contribution < 1.29 is 14.3 Å². The number of hydrogen-bond donors (Lipinski definition) is 2. The molecule has 1 heterocycles. The molecular weight excluding hydrogens is 244 g/mol. The van der Waals surface area contributed by atoms with Gasteiger partial charge >= 0.3 is 0 Å². The van der Waals surface area contributed by atoms with Gasteiger partial charge in [-0.1, -0.05) is 6.07 Å². The van der Waals surface area contributed by atoms with Crippen LogP contribution in [-0.2, 0) is 14.3 Å². The Morgan fingerprint density at radius 2 is 2.21 bits per heavy atom. The molecule has 0 atom stereocenters. The van der Waals surface area contributed by atoms with Crippen molar-refractivity contribution in [3.63, 3.8) is 0 Å². The molecule has 0 unspecified atom stereocenters. The number of carbonyl (C=O) groups is 1. The number of carbonyl (C=O) groups excluding carboxylic acids is 1. The number of nitrogens with one attached hydrogen (secondary N) is 1. The van der Waals surface area contributed by atoms with Crippen molar-refractivity contribution in [3.05, 3.63) is 23.8 Å². The van der Waals surface area contributed by atoms with Gasteiger partial charge < -0.3 is 20.5 Å². The second kappa shape index (κ2) is 6.54. The third-order valence-electron chi connectivity index (χ3n) is 3.27. The molecule has 0 spiro atoms. The standard InChI is InChI=1S/C14H20N2O3/c1-10-12(15)3-2-4-13(10)16-14(17)9-19-11-5-7-18-8-6-11/h2-4,11H,5-9,15H2,1H3,(H,16,17). The normalized spacial score (nSPS) is 16.3. The molecule has 5 nitrogen and oxygen atoms in total. The van der Waals surface area contributed by atoms with Crippen LogP contribution >= 0.6 is 0 Å². The predicted molar refractivity (Wildman–Crippen MR) is 74.0 cm³/mol. The van der Waals surface area contributed by atoms with Gasteiger partial charge in [0, 0.05) is 24.6 Å². The van der Waals surface area contributed by atoms with Gasteiger partial charge in [0.25, 0.3) is 0 Å². The second-order valence-corrected chi connectivity index (χ2v) is 4.69. The summed E-state index contributed by atoms with van der Waals surface area (Å²) in [6.07, 6.45) is 1.83. The number of amides is 1. The first-order chi connectivity index (χ1) is 9.16. The summed E-state index contributed by atoms with van der Waals surface area (Å²) in [7, 11) is 0. The van der Waals surface area contributed by atoms with Gasteiger partial charge in [0.05, 0.1) is 6.10 Å². The first kappa shape index (κ1) is 13.8. The van der Waals surface area contributed by atoms with Crippen LogP contribution in [0.15, 0.2) is 18.2 Å². The first-order valence-electron chi connectivity index (χ1n) is 6.51. The number of benzene rings is 1. The molecule has 0 radical (unpaired) electrons. The van der Waals surface area contributed by atoms with Crippen LogP contribution < -0.4 is 11.1 Å². The minimum absolute atomic E-state index is 0.0684. The molecule has 3 N–H and O–H groups in total. The third-order valence-corrected chi connectivity index (χ3v) is 3.27. The van der Waals surface area contributed by atoms with E-state index in [2.05, 4.69) is 5.32 Å². The van der Waals surface area contributed by atoms with Gasteiger partial charge in [0.1, 0.15) is 6.61 Å². The maximum absolute atomic E-state index is 11.8. The highest BCUT2D eigenvalue weighted by Gasteiger charge is 2.15. The van der Waals surface area contributed by atoms with Crippen molar-refractivity contribution in [2.45, 2.75) is 25.9 Å². The van der Waals surface area contributed by atoms with Crippen LogP contribution in [0.2, 0.25) is 0 Å². The maximum Gasteiger partial charge on any atom is 0.250 e. The van der Waals surface area contributed by atoms with Crippen molar-refractivity contribution >= 4 is 17.3 Å². The van der Waals surface area contributed by atoms with E-state index in [1.54, 1.807) is 0 Å². The molecule has 0 saturated carbocycles. The van der Waals surface area contributed by atoms with E-state index in [0.717, 1.165) is 24.1 Å². The fraction of sp³-hybridized carbons (Fsp3) is 0.500. The van der Waals surface area contributed by atoms with Crippen molar-refractivity contribution in [2.24, 2.45) is 0 Å². The Morgan fingerprint density at radius 1 is 1.47 bits per heavy atom. The summed E-state index contributed by atoms with van der Waals surface area (Å²) >= 11 is 0.